The summed E-state index contributed by atoms with van der Waals surface area (Å²) in [5.74, 6) is 0.778. The Morgan fingerprint density at radius 2 is 2.20 bits per heavy atom. The summed E-state index contributed by atoms with van der Waals surface area (Å²) in [6, 6.07) is 6.92. The van der Waals surface area contributed by atoms with Crippen LogP contribution in [0.1, 0.15) is 25.3 Å². The fourth-order valence-electron chi connectivity index (χ4n) is 2.48. The Balaban J connectivity index is 1.95. The molecule has 1 aliphatic heterocycles. The number of nitrogens with one attached hydrogen (secondary N) is 1. The summed E-state index contributed by atoms with van der Waals surface area (Å²) in [5, 5.41) is 11.6. The molecule has 2 N–H and O–H groups in total. The molecule has 25 heavy (non-hydrogen) atoms. The minimum absolute atomic E-state index is 0.0199. The maximum absolute atomic E-state index is 12.5. The third kappa shape index (κ3) is 5.97. The zero-order valence-corrected chi connectivity index (χ0v) is 15.7. The Morgan fingerprint density at radius 1 is 1.40 bits per heavy atom. The van der Waals surface area contributed by atoms with Crippen LogP contribution in [0.2, 0.25) is 0 Å². The van der Waals surface area contributed by atoms with Crippen LogP contribution in [0.5, 0.6) is 0 Å². The van der Waals surface area contributed by atoms with Crippen molar-refractivity contribution in [2.24, 2.45) is 0 Å². The molecule has 2 rings (SSSR count). The number of carbonyl (C=O) groups excluding carboxylic acids is 2. The van der Waals surface area contributed by atoms with Crippen LogP contribution in [0.4, 0.5) is 5.69 Å². The zero-order valence-electron chi connectivity index (χ0n) is 14.1. The average Bonchev–Trinajstić information content (AvgIpc) is 3.05. The van der Waals surface area contributed by atoms with Gasteiger partial charge in [-0.2, -0.15) is 0 Å². The van der Waals surface area contributed by atoms with Gasteiger partial charge < -0.3 is 15.3 Å². The zero-order chi connectivity index (χ0) is 18.2. The highest BCUT2D eigenvalue weighted by molar-refractivity contribution is 7.99. The fraction of sp³-hybridized carbons (Fsp3) is 0.471. The Bertz CT molecular complexity index is 639. The first kappa shape index (κ1) is 19.7. The van der Waals surface area contributed by atoms with Gasteiger partial charge in [-0.1, -0.05) is 19.1 Å². The van der Waals surface area contributed by atoms with Crippen molar-refractivity contribution < 1.29 is 19.5 Å². The quantitative estimate of drug-likeness (QED) is 0.719. The summed E-state index contributed by atoms with van der Waals surface area (Å²) < 4.78 is 0. The van der Waals surface area contributed by atoms with Gasteiger partial charge in [0, 0.05) is 23.6 Å². The van der Waals surface area contributed by atoms with Gasteiger partial charge in [0.25, 0.3) is 0 Å². The number of benzene rings is 1. The number of thioether (sulfide) groups is 2. The molecule has 0 aliphatic carbocycles. The van der Waals surface area contributed by atoms with Gasteiger partial charge in [0.15, 0.2) is 0 Å². The molecule has 0 saturated carbocycles. The second-order valence-corrected chi connectivity index (χ2v) is 7.69. The maximum atomic E-state index is 12.5. The van der Waals surface area contributed by atoms with Crippen molar-refractivity contribution in [2.45, 2.75) is 31.6 Å². The molecule has 1 aromatic rings. The molecule has 8 heteroatoms. The molecule has 0 spiro atoms. The van der Waals surface area contributed by atoms with E-state index in [2.05, 4.69) is 5.32 Å². The minimum Gasteiger partial charge on any atom is -0.481 e. The van der Waals surface area contributed by atoms with Crippen LogP contribution < -0.4 is 5.32 Å². The molecular weight excluding hydrogens is 360 g/mol. The Morgan fingerprint density at radius 3 is 2.92 bits per heavy atom. The standard InChI is InChI=1S/C17H22N2O4S2/c1-2-4-15(20)19-11-25-9-14(19)17(23)18-13-6-3-5-12(7-13)8-24-10-16(21)22/h3,5-7,14H,2,4,8-11H2,1H3,(H,18,23)(H,21,22). The van der Waals surface area contributed by atoms with Crippen LogP contribution in [0.15, 0.2) is 24.3 Å². The van der Waals surface area contributed by atoms with Crippen molar-refractivity contribution in [1.29, 1.82) is 0 Å². The molecule has 0 aromatic heterocycles. The summed E-state index contributed by atoms with van der Waals surface area (Å²) in [6.45, 7) is 1.95. The van der Waals surface area contributed by atoms with Gasteiger partial charge in [0.05, 0.1) is 11.6 Å². The van der Waals surface area contributed by atoms with E-state index in [4.69, 9.17) is 5.11 Å². The van der Waals surface area contributed by atoms with Gasteiger partial charge in [0.2, 0.25) is 11.8 Å². The Hall–Kier alpha value is -1.67. The molecule has 1 aliphatic rings. The van der Waals surface area contributed by atoms with E-state index in [1.807, 2.05) is 25.1 Å². The number of hydrogen-bond donors (Lipinski definition) is 2. The normalized spacial score (nSPS) is 16.7. The number of carbonyl (C=O) groups is 3. The molecule has 1 heterocycles. The fourth-order valence-corrected chi connectivity index (χ4v) is 4.36. The molecule has 1 fully saturated rings. The van der Waals surface area contributed by atoms with Crippen molar-refractivity contribution in [3.63, 3.8) is 0 Å². The lowest BCUT2D eigenvalue weighted by molar-refractivity contribution is -0.136. The van der Waals surface area contributed by atoms with E-state index in [9.17, 15) is 14.4 Å². The highest BCUT2D eigenvalue weighted by Gasteiger charge is 2.34. The van der Waals surface area contributed by atoms with E-state index in [1.165, 1.54) is 11.8 Å². The highest BCUT2D eigenvalue weighted by Crippen LogP contribution is 2.24. The number of anilines is 1. The number of rotatable bonds is 8. The first-order valence-electron chi connectivity index (χ1n) is 8.07. The van der Waals surface area contributed by atoms with E-state index < -0.39 is 12.0 Å². The molecule has 0 radical (unpaired) electrons. The number of carboxylic acids is 1. The van der Waals surface area contributed by atoms with Crippen molar-refractivity contribution in [3.05, 3.63) is 29.8 Å². The summed E-state index contributed by atoms with van der Waals surface area (Å²) in [6.07, 6.45) is 1.23. The van der Waals surface area contributed by atoms with E-state index >= 15 is 0 Å². The molecule has 1 saturated heterocycles. The van der Waals surface area contributed by atoms with Gasteiger partial charge in [-0.05, 0) is 24.1 Å². The number of carboxylic acid groups (broad SMARTS) is 1. The molecule has 1 aromatic carbocycles. The third-order valence-electron chi connectivity index (χ3n) is 3.66. The first-order valence-corrected chi connectivity index (χ1v) is 10.4. The van der Waals surface area contributed by atoms with Crippen molar-refractivity contribution in [3.8, 4) is 0 Å². The summed E-state index contributed by atoms with van der Waals surface area (Å²) >= 11 is 2.89. The number of nitrogens with zero attached hydrogens (tertiary/aromatic N) is 1. The topological polar surface area (TPSA) is 86.7 Å². The van der Waals surface area contributed by atoms with Crippen LogP contribution >= 0.6 is 23.5 Å². The van der Waals surface area contributed by atoms with E-state index in [0.717, 1.165) is 12.0 Å². The van der Waals surface area contributed by atoms with Crippen LogP contribution in [0.25, 0.3) is 0 Å². The molecule has 2 amide bonds. The number of hydrogen-bond acceptors (Lipinski definition) is 5. The van der Waals surface area contributed by atoms with E-state index in [1.54, 1.807) is 22.7 Å². The minimum atomic E-state index is -0.843. The largest absolute Gasteiger partial charge is 0.481 e. The molecule has 1 atom stereocenters. The first-order chi connectivity index (χ1) is 12.0. The monoisotopic (exact) mass is 382 g/mol. The predicted molar refractivity (Wildman–Crippen MR) is 102 cm³/mol. The van der Waals surface area contributed by atoms with Gasteiger partial charge in [-0.25, -0.2) is 0 Å². The van der Waals surface area contributed by atoms with Crippen molar-refractivity contribution >= 4 is 47.0 Å². The van der Waals surface area contributed by atoms with Gasteiger partial charge in [0.1, 0.15) is 6.04 Å². The summed E-state index contributed by atoms with van der Waals surface area (Å²) in [4.78, 5) is 36.9. The van der Waals surface area contributed by atoms with E-state index in [0.29, 0.717) is 29.5 Å². The second-order valence-electron chi connectivity index (χ2n) is 5.71. The highest BCUT2D eigenvalue weighted by atomic mass is 32.2. The SMILES string of the molecule is CCCC(=O)N1CSCC1C(=O)Nc1cccc(CSCC(=O)O)c1. The van der Waals surface area contributed by atoms with Crippen LogP contribution in [0, 0.1) is 0 Å². The number of amides is 2. The molecule has 0 bridgehead atoms. The van der Waals surface area contributed by atoms with Crippen LogP contribution in [0.3, 0.4) is 0 Å². The van der Waals surface area contributed by atoms with Crippen molar-refractivity contribution in [1.82, 2.24) is 4.90 Å². The number of aliphatic carboxylic acids is 1. The molecule has 136 valence electrons. The smallest absolute Gasteiger partial charge is 0.313 e. The van der Waals surface area contributed by atoms with Crippen molar-refractivity contribution in [2.75, 3.05) is 22.7 Å². The molecule has 1 unspecified atom stereocenters. The van der Waals surface area contributed by atoms with Gasteiger partial charge in [-0.3, -0.25) is 14.4 Å². The second kappa shape index (κ2) is 9.72. The lowest BCUT2D eigenvalue weighted by atomic mass is 10.2. The predicted octanol–water partition coefficient (Wildman–Crippen LogP) is 2.64. The third-order valence-corrected chi connectivity index (χ3v) is 5.66. The van der Waals surface area contributed by atoms with Crippen LogP contribution in [-0.4, -0.2) is 51.2 Å². The van der Waals surface area contributed by atoms with Gasteiger partial charge >= 0.3 is 5.97 Å². The average molecular weight is 383 g/mol. The van der Waals surface area contributed by atoms with Crippen LogP contribution in [-0.2, 0) is 20.1 Å². The van der Waals surface area contributed by atoms with E-state index in [-0.39, 0.29) is 17.6 Å². The maximum Gasteiger partial charge on any atom is 0.313 e. The molecular formula is C17H22N2O4S2. The Labute approximate surface area is 155 Å². The van der Waals surface area contributed by atoms with Gasteiger partial charge in [-0.15, -0.1) is 23.5 Å². The Kier molecular flexibility index (Phi) is 7.64. The molecule has 6 nitrogen and oxygen atoms in total. The summed E-state index contributed by atoms with van der Waals surface area (Å²) in [7, 11) is 0. The lowest BCUT2D eigenvalue weighted by Gasteiger charge is -2.23. The lowest BCUT2D eigenvalue weighted by Crippen LogP contribution is -2.44. The summed E-state index contributed by atoms with van der Waals surface area (Å²) in [5.41, 5.74) is 1.61.